The summed E-state index contributed by atoms with van der Waals surface area (Å²) in [6.07, 6.45) is 0. The first kappa shape index (κ1) is 22.1. The number of rotatable bonds is 6. The average molecular weight is 431 g/mol. The van der Waals surface area contributed by atoms with Crippen molar-refractivity contribution in [2.45, 2.75) is 6.92 Å². The molecule has 1 aliphatic rings. The normalized spacial score (nSPS) is 14.1. The van der Waals surface area contributed by atoms with Gasteiger partial charge in [0.1, 0.15) is 0 Å². The van der Waals surface area contributed by atoms with Crippen molar-refractivity contribution in [3.63, 3.8) is 0 Å². The van der Waals surface area contributed by atoms with Crippen molar-refractivity contribution in [2.24, 2.45) is 0 Å². The number of piperazine rings is 1. The topological polar surface area (TPSA) is 126 Å². The number of aryl methyl sites for hydroxylation is 1. The van der Waals surface area contributed by atoms with Gasteiger partial charge in [-0.05, 0) is 25.1 Å². The van der Waals surface area contributed by atoms with Gasteiger partial charge in [-0.1, -0.05) is 5.16 Å². The smallest absolute Gasteiger partial charge is 0.292 e. The highest BCUT2D eigenvalue weighted by Crippen LogP contribution is 2.27. The summed E-state index contributed by atoms with van der Waals surface area (Å²) in [6.45, 7) is 3.82. The minimum absolute atomic E-state index is 0.0929. The molecule has 0 unspecified atom stereocenters. The number of aromatic nitrogens is 1. The maximum atomic E-state index is 12.4. The molecule has 0 aliphatic carbocycles. The number of amides is 3. The van der Waals surface area contributed by atoms with Crippen molar-refractivity contribution < 1.29 is 28.4 Å². The Morgan fingerprint density at radius 2 is 1.74 bits per heavy atom. The number of carbonyl (C=O) groups is 3. The van der Waals surface area contributed by atoms with E-state index in [2.05, 4.69) is 16.0 Å². The third-order valence-electron chi connectivity index (χ3n) is 4.83. The summed E-state index contributed by atoms with van der Waals surface area (Å²) >= 11 is 0. The van der Waals surface area contributed by atoms with Gasteiger partial charge in [0.2, 0.25) is 5.76 Å². The molecule has 2 aromatic rings. The van der Waals surface area contributed by atoms with Gasteiger partial charge < -0.3 is 18.9 Å². The Morgan fingerprint density at radius 1 is 1.03 bits per heavy atom. The van der Waals surface area contributed by atoms with Crippen LogP contribution in [0.5, 0.6) is 11.5 Å². The van der Waals surface area contributed by atoms with Crippen molar-refractivity contribution in [2.75, 3.05) is 46.9 Å². The predicted molar refractivity (Wildman–Crippen MR) is 109 cm³/mol. The lowest BCUT2D eigenvalue weighted by molar-refractivity contribution is -0.123. The molecule has 0 radical (unpaired) electrons. The van der Waals surface area contributed by atoms with Gasteiger partial charge in [0.25, 0.3) is 17.7 Å². The van der Waals surface area contributed by atoms with Gasteiger partial charge in [-0.15, -0.1) is 0 Å². The molecular weight excluding hydrogens is 406 g/mol. The van der Waals surface area contributed by atoms with Crippen molar-refractivity contribution in [3.05, 3.63) is 41.3 Å². The van der Waals surface area contributed by atoms with E-state index in [-0.39, 0.29) is 24.1 Å². The summed E-state index contributed by atoms with van der Waals surface area (Å²) in [5.41, 5.74) is 5.74. The summed E-state index contributed by atoms with van der Waals surface area (Å²) < 4.78 is 15.3. The molecule has 2 N–H and O–H groups in total. The van der Waals surface area contributed by atoms with E-state index in [4.69, 9.17) is 14.0 Å². The quantitative estimate of drug-likeness (QED) is 0.622. The monoisotopic (exact) mass is 431 g/mol. The summed E-state index contributed by atoms with van der Waals surface area (Å²) in [5, 5.41) is 3.73. The van der Waals surface area contributed by atoms with E-state index in [0.717, 1.165) is 0 Å². The van der Waals surface area contributed by atoms with Crippen LogP contribution in [0.1, 0.15) is 26.6 Å². The number of hydrogen-bond acceptors (Lipinski definition) is 8. The van der Waals surface area contributed by atoms with E-state index in [1.807, 2.05) is 4.90 Å². The largest absolute Gasteiger partial charge is 0.493 e. The van der Waals surface area contributed by atoms with E-state index in [1.165, 1.54) is 20.3 Å². The summed E-state index contributed by atoms with van der Waals surface area (Å²) in [4.78, 5) is 40.4. The van der Waals surface area contributed by atoms with Crippen LogP contribution >= 0.6 is 0 Å². The molecular formula is C20H25N5O6. The maximum Gasteiger partial charge on any atom is 0.292 e. The molecule has 1 aromatic heterocycles. The molecule has 11 heteroatoms. The Hall–Kier alpha value is -3.60. The number of nitrogens with one attached hydrogen (secondary N) is 2. The lowest BCUT2D eigenvalue weighted by Gasteiger charge is -2.33. The number of methoxy groups -OCH3 is 2. The molecule has 3 rings (SSSR count). The van der Waals surface area contributed by atoms with Crippen LogP contribution in [0.25, 0.3) is 0 Å². The van der Waals surface area contributed by atoms with E-state index >= 15 is 0 Å². The second-order valence-corrected chi connectivity index (χ2v) is 6.97. The van der Waals surface area contributed by atoms with Crippen LogP contribution in [-0.4, -0.2) is 79.6 Å². The van der Waals surface area contributed by atoms with Crippen molar-refractivity contribution >= 4 is 17.7 Å². The Kier molecular flexibility index (Phi) is 7.08. The summed E-state index contributed by atoms with van der Waals surface area (Å²) in [6, 6.07) is 6.29. The van der Waals surface area contributed by atoms with Gasteiger partial charge in [-0.3, -0.25) is 30.1 Å². The fourth-order valence-electron chi connectivity index (χ4n) is 3.15. The lowest BCUT2D eigenvalue weighted by atomic mass is 10.2. The van der Waals surface area contributed by atoms with Crippen LogP contribution in [0.15, 0.2) is 28.8 Å². The van der Waals surface area contributed by atoms with Crippen LogP contribution in [-0.2, 0) is 4.79 Å². The minimum Gasteiger partial charge on any atom is -0.493 e. The number of hydrazine groups is 1. The highest BCUT2D eigenvalue weighted by atomic mass is 16.5. The minimum atomic E-state index is -0.480. The van der Waals surface area contributed by atoms with Crippen molar-refractivity contribution in [1.82, 2.24) is 25.8 Å². The zero-order valence-corrected chi connectivity index (χ0v) is 17.6. The average Bonchev–Trinajstić information content (AvgIpc) is 3.23. The molecule has 1 saturated heterocycles. The molecule has 31 heavy (non-hydrogen) atoms. The highest BCUT2D eigenvalue weighted by molar-refractivity contribution is 5.96. The fraction of sp³-hybridized carbons (Fsp3) is 0.400. The molecule has 1 aromatic carbocycles. The third-order valence-corrected chi connectivity index (χ3v) is 4.83. The van der Waals surface area contributed by atoms with Crippen LogP contribution in [0.4, 0.5) is 0 Å². The Labute approximate surface area is 179 Å². The molecule has 0 spiro atoms. The molecule has 11 nitrogen and oxygen atoms in total. The highest BCUT2D eigenvalue weighted by Gasteiger charge is 2.25. The number of nitrogens with zero attached hydrogens (tertiary/aromatic N) is 3. The molecule has 1 aliphatic heterocycles. The van der Waals surface area contributed by atoms with Crippen LogP contribution in [0.2, 0.25) is 0 Å². The van der Waals surface area contributed by atoms with Crippen molar-refractivity contribution in [3.8, 4) is 11.5 Å². The molecule has 2 heterocycles. The standard InChI is InChI=1S/C20H25N5O6/c1-13-10-17(31-23-13)20(28)25-8-6-24(7-9-25)12-18(26)21-22-19(27)14-4-5-15(29-2)16(11-14)30-3/h4-5,10-11H,6-9,12H2,1-3H3,(H,21,26)(H,22,27). The zero-order chi connectivity index (χ0) is 22.4. The third kappa shape index (κ3) is 5.51. The second kappa shape index (κ2) is 9.94. The van der Waals surface area contributed by atoms with Gasteiger partial charge in [0.15, 0.2) is 11.5 Å². The molecule has 0 atom stereocenters. The molecule has 0 saturated carbocycles. The van der Waals surface area contributed by atoms with E-state index < -0.39 is 5.91 Å². The van der Waals surface area contributed by atoms with Gasteiger partial charge in [0.05, 0.1) is 26.5 Å². The van der Waals surface area contributed by atoms with Gasteiger partial charge in [-0.25, -0.2) is 0 Å². The van der Waals surface area contributed by atoms with Crippen LogP contribution in [0, 0.1) is 6.92 Å². The van der Waals surface area contributed by atoms with Crippen molar-refractivity contribution in [1.29, 1.82) is 0 Å². The SMILES string of the molecule is COc1ccc(C(=O)NNC(=O)CN2CCN(C(=O)c3cc(C)no3)CC2)cc1OC. The van der Waals surface area contributed by atoms with Crippen LogP contribution < -0.4 is 20.3 Å². The predicted octanol–water partition coefficient (Wildman–Crippen LogP) is 0.219. The Bertz CT molecular complexity index is 951. The molecule has 3 amide bonds. The van der Waals surface area contributed by atoms with E-state index in [9.17, 15) is 14.4 Å². The lowest BCUT2D eigenvalue weighted by Crippen LogP contribution is -2.52. The fourth-order valence-corrected chi connectivity index (χ4v) is 3.15. The van der Waals surface area contributed by atoms with Crippen LogP contribution in [0.3, 0.4) is 0 Å². The second-order valence-electron chi connectivity index (χ2n) is 6.97. The number of carbonyl (C=O) groups excluding carboxylic acids is 3. The Morgan fingerprint density at radius 3 is 2.35 bits per heavy atom. The zero-order valence-electron chi connectivity index (χ0n) is 17.6. The first-order valence-corrected chi connectivity index (χ1v) is 9.67. The maximum absolute atomic E-state index is 12.4. The first-order valence-electron chi connectivity index (χ1n) is 9.67. The van der Waals surface area contributed by atoms with Gasteiger partial charge in [-0.2, -0.15) is 0 Å². The molecule has 0 bridgehead atoms. The summed E-state index contributed by atoms with van der Waals surface area (Å²) in [5.74, 6) is 0.0634. The van der Waals surface area contributed by atoms with Gasteiger partial charge in [0, 0.05) is 37.8 Å². The van der Waals surface area contributed by atoms with E-state index in [0.29, 0.717) is 48.9 Å². The number of benzene rings is 1. The number of hydrogen-bond donors (Lipinski definition) is 2. The van der Waals surface area contributed by atoms with Gasteiger partial charge >= 0.3 is 0 Å². The molecule has 166 valence electrons. The van der Waals surface area contributed by atoms with E-state index in [1.54, 1.807) is 30.0 Å². The number of ether oxygens (including phenoxy) is 2. The molecule has 1 fully saturated rings. The Balaban J connectivity index is 1.43. The summed E-state index contributed by atoms with van der Waals surface area (Å²) in [7, 11) is 2.98. The first-order chi connectivity index (χ1) is 14.9.